The van der Waals surface area contributed by atoms with Crippen molar-refractivity contribution in [3.05, 3.63) is 28.0 Å². The number of hydrogen-bond acceptors (Lipinski definition) is 8. The van der Waals surface area contributed by atoms with Crippen molar-refractivity contribution in [2.24, 2.45) is 0 Å². The van der Waals surface area contributed by atoms with Crippen LogP contribution in [0.5, 0.6) is 0 Å². The lowest BCUT2D eigenvalue weighted by Gasteiger charge is -2.00. The molecule has 2 heterocycles. The monoisotopic (exact) mass is 318 g/mol. The molecule has 0 atom stereocenters. The number of anilines is 2. The largest absolute Gasteiger partial charge is 0.374 e. The summed E-state index contributed by atoms with van der Waals surface area (Å²) in [7, 11) is -2.47. The van der Waals surface area contributed by atoms with Gasteiger partial charge in [-0.15, -0.1) is 0 Å². The van der Waals surface area contributed by atoms with Gasteiger partial charge in [-0.25, -0.2) is 8.42 Å². The molecule has 0 unspecified atom stereocenters. The third-order valence-electron chi connectivity index (χ3n) is 2.25. The average Bonchev–Trinajstić information content (AvgIpc) is 2.95. The second-order valence-electron chi connectivity index (χ2n) is 3.72. The standard InChI is InChI=1S/C9H10N4O5S2/c1-5-3-7(11-18-5)12-20(16,17)8-4-6(13(14)15)9(10-2)19-8/h3-4,10H,1-2H3,(H,11,12). The Morgan fingerprint density at radius 3 is 2.60 bits per heavy atom. The molecule has 0 saturated heterocycles. The summed E-state index contributed by atoms with van der Waals surface area (Å²) in [5, 5.41) is 17.1. The lowest BCUT2D eigenvalue weighted by Crippen LogP contribution is -2.11. The molecule has 0 aliphatic heterocycles. The lowest BCUT2D eigenvalue weighted by atomic mass is 10.5. The van der Waals surface area contributed by atoms with E-state index in [0.717, 1.165) is 17.4 Å². The van der Waals surface area contributed by atoms with Crippen molar-refractivity contribution in [3.8, 4) is 0 Å². The normalized spacial score (nSPS) is 11.3. The topological polar surface area (TPSA) is 127 Å². The number of nitrogens with zero attached hydrogens (tertiary/aromatic N) is 2. The Morgan fingerprint density at radius 2 is 2.15 bits per heavy atom. The maximum Gasteiger partial charge on any atom is 0.304 e. The van der Waals surface area contributed by atoms with Gasteiger partial charge in [0.2, 0.25) is 0 Å². The first-order chi connectivity index (χ1) is 9.33. The minimum absolute atomic E-state index is 0.0181. The van der Waals surface area contributed by atoms with Gasteiger partial charge in [0.05, 0.1) is 4.92 Å². The number of aromatic nitrogens is 1. The third kappa shape index (κ3) is 2.72. The molecule has 2 aromatic rings. The fraction of sp³-hybridized carbons (Fsp3) is 0.222. The average molecular weight is 318 g/mol. The van der Waals surface area contributed by atoms with Crippen LogP contribution in [0.3, 0.4) is 0 Å². The maximum absolute atomic E-state index is 12.1. The minimum Gasteiger partial charge on any atom is -0.374 e. The zero-order valence-corrected chi connectivity index (χ0v) is 12.0. The van der Waals surface area contributed by atoms with Crippen LogP contribution in [0.25, 0.3) is 0 Å². The first kappa shape index (κ1) is 14.3. The predicted octanol–water partition coefficient (Wildman–Crippen LogP) is 1.80. The van der Waals surface area contributed by atoms with Gasteiger partial charge in [0.15, 0.2) is 10.8 Å². The van der Waals surface area contributed by atoms with Crippen molar-refractivity contribution in [1.82, 2.24) is 5.16 Å². The Labute approximate surface area is 117 Å². The number of nitrogens with one attached hydrogen (secondary N) is 2. The van der Waals surface area contributed by atoms with Crippen LogP contribution >= 0.6 is 11.3 Å². The fourth-order valence-corrected chi connectivity index (χ4v) is 3.67. The Kier molecular flexibility index (Phi) is 3.63. The molecule has 0 aliphatic carbocycles. The number of nitro groups is 1. The van der Waals surface area contributed by atoms with E-state index in [0.29, 0.717) is 5.76 Å². The number of aryl methyl sites for hydroxylation is 1. The van der Waals surface area contributed by atoms with Crippen molar-refractivity contribution in [2.45, 2.75) is 11.1 Å². The number of hydrogen-bond donors (Lipinski definition) is 2. The van der Waals surface area contributed by atoms with E-state index < -0.39 is 14.9 Å². The smallest absolute Gasteiger partial charge is 0.304 e. The summed E-state index contributed by atoms with van der Waals surface area (Å²) < 4.78 is 30.9. The number of sulfonamides is 1. The molecular formula is C9H10N4O5S2. The van der Waals surface area contributed by atoms with E-state index in [4.69, 9.17) is 4.52 Å². The summed E-state index contributed by atoms with van der Waals surface area (Å²) in [5.41, 5.74) is -0.297. The summed E-state index contributed by atoms with van der Waals surface area (Å²) in [6.07, 6.45) is 0. The van der Waals surface area contributed by atoms with Gasteiger partial charge in [0.1, 0.15) is 9.97 Å². The highest BCUT2D eigenvalue weighted by molar-refractivity contribution is 7.94. The highest BCUT2D eigenvalue weighted by atomic mass is 32.2. The molecule has 2 aromatic heterocycles. The van der Waals surface area contributed by atoms with Crippen LogP contribution in [0.4, 0.5) is 16.5 Å². The maximum atomic E-state index is 12.1. The predicted molar refractivity (Wildman–Crippen MR) is 72.6 cm³/mol. The molecule has 20 heavy (non-hydrogen) atoms. The van der Waals surface area contributed by atoms with Gasteiger partial charge >= 0.3 is 5.69 Å². The van der Waals surface area contributed by atoms with Crippen LogP contribution in [0, 0.1) is 17.0 Å². The molecule has 9 nitrogen and oxygen atoms in total. The Balaban J connectivity index is 2.37. The van der Waals surface area contributed by atoms with E-state index in [9.17, 15) is 18.5 Å². The molecule has 2 rings (SSSR count). The van der Waals surface area contributed by atoms with Crippen molar-refractivity contribution in [2.75, 3.05) is 17.1 Å². The summed E-state index contributed by atoms with van der Waals surface area (Å²) in [6, 6.07) is 2.39. The summed E-state index contributed by atoms with van der Waals surface area (Å²) in [6.45, 7) is 1.61. The second-order valence-corrected chi connectivity index (χ2v) is 6.68. The summed E-state index contributed by atoms with van der Waals surface area (Å²) in [4.78, 5) is 10.2. The first-order valence-electron chi connectivity index (χ1n) is 5.25. The summed E-state index contributed by atoms with van der Waals surface area (Å²) in [5.74, 6) is 0.459. The number of thiophene rings is 1. The van der Waals surface area contributed by atoms with Crippen LogP contribution in [-0.2, 0) is 10.0 Å². The fourth-order valence-electron chi connectivity index (χ4n) is 1.41. The Bertz CT molecular complexity index is 748. The molecule has 2 N–H and O–H groups in total. The molecule has 108 valence electrons. The van der Waals surface area contributed by atoms with Crippen molar-refractivity contribution in [1.29, 1.82) is 0 Å². The van der Waals surface area contributed by atoms with Gasteiger partial charge in [0, 0.05) is 19.2 Å². The van der Waals surface area contributed by atoms with Crippen LogP contribution < -0.4 is 10.0 Å². The molecule has 0 radical (unpaired) electrons. The van der Waals surface area contributed by atoms with Gasteiger partial charge in [-0.05, 0) is 6.92 Å². The van der Waals surface area contributed by atoms with Gasteiger partial charge in [-0.1, -0.05) is 16.5 Å². The van der Waals surface area contributed by atoms with Crippen molar-refractivity contribution < 1.29 is 17.9 Å². The van der Waals surface area contributed by atoms with Gasteiger partial charge in [-0.2, -0.15) is 0 Å². The van der Waals surface area contributed by atoms with Gasteiger partial charge in [0.25, 0.3) is 10.0 Å². The molecular weight excluding hydrogens is 308 g/mol. The molecule has 0 amide bonds. The molecule has 0 fully saturated rings. The van der Waals surface area contributed by atoms with E-state index in [1.807, 2.05) is 0 Å². The van der Waals surface area contributed by atoms with Gasteiger partial charge < -0.3 is 9.84 Å². The SMILES string of the molecule is CNc1sc(S(=O)(=O)Nc2cc(C)on2)cc1[N+](=O)[O-]. The molecule has 0 aliphatic rings. The Hall–Kier alpha value is -2.14. The van der Waals surface area contributed by atoms with E-state index >= 15 is 0 Å². The quantitative estimate of drug-likeness (QED) is 0.635. The van der Waals surface area contributed by atoms with Crippen LogP contribution in [0.2, 0.25) is 0 Å². The van der Waals surface area contributed by atoms with Crippen LogP contribution in [0.1, 0.15) is 5.76 Å². The zero-order valence-electron chi connectivity index (χ0n) is 10.4. The van der Waals surface area contributed by atoms with E-state index in [-0.39, 0.29) is 20.7 Å². The second kappa shape index (κ2) is 5.09. The van der Waals surface area contributed by atoms with E-state index in [2.05, 4.69) is 15.2 Å². The van der Waals surface area contributed by atoms with Gasteiger partial charge in [-0.3, -0.25) is 14.8 Å². The molecule has 0 aromatic carbocycles. The molecule has 11 heteroatoms. The Morgan fingerprint density at radius 1 is 1.45 bits per heavy atom. The van der Waals surface area contributed by atoms with Crippen LogP contribution in [-0.4, -0.2) is 25.5 Å². The van der Waals surface area contributed by atoms with Crippen molar-refractivity contribution in [3.63, 3.8) is 0 Å². The highest BCUT2D eigenvalue weighted by Crippen LogP contribution is 2.37. The molecule has 0 bridgehead atoms. The number of rotatable bonds is 5. The van der Waals surface area contributed by atoms with E-state index in [1.54, 1.807) is 6.92 Å². The lowest BCUT2D eigenvalue weighted by molar-refractivity contribution is -0.383. The van der Waals surface area contributed by atoms with Crippen LogP contribution in [0.15, 0.2) is 20.9 Å². The third-order valence-corrected chi connectivity index (χ3v) is 5.22. The minimum atomic E-state index is -3.94. The molecule has 0 spiro atoms. The molecule has 0 saturated carbocycles. The van der Waals surface area contributed by atoms with E-state index in [1.165, 1.54) is 13.1 Å². The highest BCUT2D eigenvalue weighted by Gasteiger charge is 2.26. The zero-order chi connectivity index (χ0) is 14.9. The first-order valence-corrected chi connectivity index (χ1v) is 7.55. The van der Waals surface area contributed by atoms with Crippen molar-refractivity contribution >= 4 is 37.9 Å². The summed E-state index contributed by atoms with van der Waals surface area (Å²) >= 11 is 0.759.